The van der Waals surface area contributed by atoms with Gasteiger partial charge in [-0.25, -0.2) is 0 Å². The van der Waals surface area contributed by atoms with Crippen LogP contribution in [-0.2, 0) is 9.47 Å². The van der Waals surface area contributed by atoms with Crippen LogP contribution >= 0.6 is 23.2 Å². The number of aromatic nitrogens is 2. The average Bonchev–Trinajstić information content (AvgIpc) is 3.56. The van der Waals surface area contributed by atoms with Crippen LogP contribution in [0.5, 0.6) is 0 Å². The van der Waals surface area contributed by atoms with E-state index in [2.05, 4.69) is 4.98 Å². The zero-order valence-corrected chi connectivity index (χ0v) is 22.0. The van der Waals surface area contributed by atoms with Crippen LogP contribution in [0, 0.1) is 0 Å². The van der Waals surface area contributed by atoms with Crippen molar-refractivity contribution in [2.45, 2.75) is 37.1 Å². The molecule has 5 unspecified atom stereocenters. The minimum atomic E-state index is -1.50. The van der Waals surface area contributed by atoms with Gasteiger partial charge in [0, 0.05) is 39.8 Å². The Balaban J connectivity index is 1.71. The zero-order chi connectivity index (χ0) is 27.3. The molecule has 1 fully saturated rings. The molecule has 2 aromatic heterocycles. The Kier molecular flexibility index (Phi) is 5.60. The molecule has 1 saturated heterocycles. The van der Waals surface area contributed by atoms with Crippen LogP contribution in [-0.4, -0.2) is 74.6 Å². The number of aliphatic hydroxyl groups is 3. The third-order valence-corrected chi connectivity index (χ3v) is 8.61. The molecule has 0 saturated carbocycles. The first kappa shape index (κ1) is 25.0. The van der Waals surface area contributed by atoms with Crippen LogP contribution in [0.3, 0.4) is 0 Å². The van der Waals surface area contributed by atoms with E-state index in [0.29, 0.717) is 59.2 Å². The van der Waals surface area contributed by atoms with Gasteiger partial charge in [-0.05, 0) is 12.1 Å². The second-order valence-corrected chi connectivity index (χ2v) is 10.8. The van der Waals surface area contributed by atoms with E-state index in [9.17, 15) is 24.9 Å². The van der Waals surface area contributed by atoms with Gasteiger partial charge < -0.3 is 34.3 Å². The van der Waals surface area contributed by atoms with Gasteiger partial charge in [-0.1, -0.05) is 47.5 Å². The summed E-state index contributed by atoms with van der Waals surface area (Å²) in [7, 11) is 1.36. The van der Waals surface area contributed by atoms with E-state index in [1.54, 1.807) is 34.9 Å². The summed E-state index contributed by atoms with van der Waals surface area (Å²) in [4.78, 5) is 30.0. The van der Waals surface area contributed by atoms with E-state index < -0.39 is 37.3 Å². The Bertz CT molecular complexity index is 1870. The Morgan fingerprint density at radius 2 is 1.62 bits per heavy atom. The number of methoxy groups -OCH3 is 1. The van der Waals surface area contributed by atoms with Crippen molar-refractivity contribution in [1.82, 2.24) is 9.55 Å². The molecule has 200 valence electrons. The van der Waals surface area contributed by atoms with Gasteiger partial charge >= 0.3 is 0 Å². The van der Waals surface area contributed by atoms with Crippen molar-refractivity contribution >= 4 is 78.4 Å². The van der Waals surface area contributed by atoms with E-state index in [-0.39, 0.29) is 23.6 Å². The van der Waals surface area contributed by atoms with Gasteiger partial charge in [0.1, 0.15) is 24.4 Å². The van der Waals surface area contributed by atoms with E-state index in [1.165, 1.54) is 7.11 Å². The lowest BCUT2D eigenvalue weighted by atomic mass is 9.96. The molecular formula is C28H22Cl2N2O7. The second-order valence-electron chi connectivity index (χ2n) is 9.97. The standard InChI is InChI=1S/C28H22Cl2N2O7/c1-38-27-16(9-33)39-28(26(37)25(27)36)32-23-11(5-3-7-13(23)30)18-20-15(35)8-14(34)19(20)17-10-4-2-6-12(29)21(10)31-22(17)24(18)32/h2-7,16,25-28,31,33,36-37H,8-9H2,1H3. The normalized spacial score (nSPS) is 25.5. The SMILES string of the molecule is COC1C(CO)OC(n2c3c(Cl)cccc3c3c4c(c5c6cccc(Cl)c6[nH]c5c32)C(=O)CC4=O)C(O)C1O. The molecule has 4 N–H and O–H groups in total. The van der Waals surface area contributed by atoms with Crippen LogP contribution in [0.15, 0.2) is 36.4 Å². The Hall–Kier alpha value is -3.02. The number of H-pyrrole nitrogens is 1. The Labute approximate surface area is 230 Å². The smallest absolute Gasteiger partial charge is 0.172 e. The van der Waals surface area contributed by atoms with E-state index >= 15 is 0 Å². The van der Waals surface area contributed by atoms with Crippen molar-refractivity contribution in [2.75, 3.05) is 13.7 Å². The van der Waals surface area contributed by atoms with Gasteiger partial charge in [0.05, 0.1) is 45.1 Å². The van der Waals surface area contributed by atoms with E-state index in [0.717, 1.165) is 0 Å². The van der Waals surface area contributed by atoms with Crippen molar-refractivity contribution in [2.24, 2.45) is 0 Å². The quantitative estimate of drug-likeness (QED) is 0.240. The van der Waals surface area contributed by atoms with Crippen LogP contribution in [0.25, 0.3) is 43.6 Å². The Morgan fingerprint density at radius 1 is 0.949 bits per heavy atom. The molecular weight excluding hydrogens is 547 g/mol. The highest BCUT2D eigenvalue weighted by atomic mass is 35.5. The monoisotopic (exact) mass is 568 g/mol. The number of ether oxygens (including phenoxy) is 2. The second kappa shape index (κ2) is 8.74. The summed E-state index contributed by atoms with van der Waals surface area (Å²) >= 11 is 13.3. The fourth-order valence-electron chi connectivity index (χ4n) is 6.40. The number of nitrogens with one attached hydrogen (secondary N) is 1. The average molecular weight is 569 g/mol. The number of hydrogen-bond acceptors (Lipinski definition) is 7. The van der Waals surface area contributed by atoms with Crippen LogP contribution < -0.4 is 0 Å². The van der Waals surface area contributed by atoms with Crippen molar-refractivity contribution in [3.05, 3.63) is 57.6 Å². The first-order valence-electron chi connectivity index (χ1n) is 12.4. The van der Waals surface area contributed by atoms with Crippen LogP contribution in [0.4, 0.5) is 0 Å². The molecule has 0 radical (unpaired) electrons. The van der Waals surface area contributed by atoms with Crippen molar-refractivity contribution in [3.8, 4) is 0 Å². The molecule has 1 aliphatic heterocycles. The molecule has 7 rings (SSSR count). The number of carbonyl (C=O) groups excluding carboxylic acids is 2. The van der Waals surface area contributed by atoms with Crippen LogP contribution in [0.1, 0.15) is 33.4 Å². The summed E-state index contributed by atoms with van der Waals surface area (Å²) in [5.41, 5.74) is 2.55. The molecule has 3 aromatic carbocycles. The number of aromatic amines is 1. The Morgan fingerprint density at radius 3 is 2.31 bits per heavy atom. The van der Waals surface area contributed by atoms with Gasteiger partial charge in [0.25, 0.3) is 0 Å². The molecule has 0 bridgehead atoms. The van der Waals surface area contributed by atoms with Crippen molar-refractivity contribution in [3.63, 3.8) is 0 Å². The summed E-state index contributed by atoms with van der Waals surface area (Å²) in [5, 5.41) is 35.3. The van der Waals surface area contributed by atoms with Gasteiger partial charge in [-0.2, -0.15) is 0 Å². The molecule has 5 aromatic rings. The van der Waals surface area contributed by atoms with Gasteiger partial charge in [-0.3, -0.25) is 9.59 Å². The first-order chi connectivity index (χ1) is 18.8. The zero-order valence-electron chi connectivity index (χ0n) is 20.4. The molecule has 39 heavy (non-hydrogen) atoms. The minimum absolute atomic E-state index is 0.270. The highest BCUT2D eigenvalue weighted by molar-refractivity contribution is 6.44. The molecule has 11 heteroatoms. The highest BCUT2D eigenvalue weighted by Gasteiger charge is 2.47. The fraction of sp³-hybridized carbons (Fsp3) is 0.286. The molecule has 2 aliphatic rings. The largest absolute Gasteiger partial charge is 0.394 e. The number of para-hydroxylation sites is 2. The lowest BCUT2D eigenvalue weighted by Crippen LogP contribution is -2.57. The molecule has 5 atom stereocenters. The lowest BCUT2D eigenvalue weighted by molar-refractivity contribution is -0.255. The third-order valence-electron chi connectivity index (χ3n) is 7.99. The lowest BCUT2D eigenvalue weighted by Gasteiger charge is -2.42. The van der Waals surface area contributed by atoms with Crippen molar-refractivity contribution < 1.29 is 34.4 Å². The summed E-state index contributed by atoms with van der Waals surface area (Å²) in [5.74, 6) is -0.617. The first-order valence-corrected chi connectivity index (χ1v) is 13.1. The molecule has 0 spiro atoms. The predicted octanol–water partition coefficient (Wildman–Crippen LogP) is 4.13. The van der Waals surface area contributed by atoms with E-state index in [4.69, 9.17) is 32.7 Å². The highest BCUT2D eigenvalue weighted by Crippen LogP contribution is 2.49. The van der Waals surface area contributed by atoms with Gasteiger partial charge in [-0.15, -0.1) is 0 Å². The molecule has 9 nitrogen and oxygen atoms in total. The summed E-state index contributed by atoms with van der Waals surface area (Å²) in [6, 6.07) is 10.5. The molecule has 3 heterocycles. The number of halogens is 2. The maximum Gasteiger partial charge on any atom is 0.172 e. The predicted molar refractivity (Wildman–Crippen MR) is 146 cm³/mol. The number of hydrogen-bond donors (Lipinski definition) is 4. The maximum absolute atomic E-state index is 13.4. The number of carbonyl (C=O) groups is 2. The fourth-order valence-corrected chi connectivity index (χ4v) is 6.88. The number of benzene rings is 3. The van der Waals surface area contributed by atoms with Crippen molar-refractivity contribution in [1.29, 1.82) is 0 Å². The van der Waals surface area contributed by atoms with E-state index in [1.807, 2.05) is 6.07 Å². The number of nitrogens with zero attached hydrogens (tertiary/aromatic N) is 1. The van der Waals surface area contributed by atoms with Gasteiger partial charge in [0.15, 0.2) is 17.8 Å². The van der Waals surface area contributed by atoms with Crippen LogP contribution in [0.2, 0.25) is 10.0 Å². The number of Topliss-reactive ketones (excluding diaryl/α,β-unsaturated/α-hetero) is 2. The molecule has 0 amide bonds. The molecule has 1 aliphatic carbocycles. The number of aliphatic hydroxyl groups excluding tert-OH is 3. The summed E-state index contributed by atoms with van der Waals surface area (Å²) < 4.78 is 13.1. The van der Waals surface area contributed by atoms with Gasteiger partial charge in [0.2, 0.25) is 0 Å². The maximum atomic E-state index is 13.4. The third kappa shape index (κ3) is 3.20. The number of rotatable bonds is 3. The number of ketones is 2. The minimum Gasteiger partial charge on any atom is -0.394 e. The summed E-state index contributed by atoms with van der Waals surface area (Å²) in [6.45, 7) is -0.483. The number of fused-ring (bicyclic) bond motifs is 10. The summed E-state index contributed by atoms with van der Waals surface area (Å²) in [6.07, 6.45) is -6.38. The topological polar surface area (TPSA) is 134 Å².